The molecule has 0 atom stereocenters. The number of para-hydroxylation sites is 1. The third-order valence-corrected chi connectivity index (χ3v) is 6.50. The maximum Gasteiger partial charge on any atom is 0.339 e. The van der Waals surface area contributed by atoms with Crippen molar-refractivity contribution in [3.05, 3.63) is 88.0 Å². The predicted molar refractivity (Wildman–Crippen MR) is 117 cm³/mol. The van der Waals surface area contributed by atoms with Gasteiger partial charge in [0, 0.05) is 11.3 Å². The Hall–Kier alpha value is -3.38. The highest BCUT2D eigenvalue weighted by molar-refractivity contribution is 7.15. The van der Waals surface area contributed by atoms with Crippen molar-refractivity contribution >= 4 is 39.2 Å². The lowest BCUT2D eigenvalue weighted by atomic mass is 9.96. The van der Waals surface area contributed by atoms with Crippen molar-refractivity contribution < 1.29 is 19.1 Å². The Kier molecular flexibility index (Phi) is 4.64. The van der Waals surface area contributed by atoms with Crippen LogP contribution in [0, 0.1) is 0 Å². The highest BCUT2D eigenvalue weighted by Gasteiger charge is 2.25. The summed E-state index contributed by atoms with van der Waals surface area (Å²) in [6, 6.07) is 9.00. The molecule has 3 aromatic rings. The fourth-order valence-electron chi connectivity index (χ4n) is 4.07. The van der Waals surface area contributed by atoms with Crippen molar-refractivity contribution in [2.45, 2.75) is 25.2 Å². The summed E-state index contributed by atoms with van der Waals surface area (Å²) in [5.41, 5.74) is 4.09. The molecule has 2 heterocycles. The first-order valence-corrected chi connectivity index (χ1v) is 10.7. The highest BCUT2D eigenvalue weighted by atomic mass is 32.1. The molecule has 2 aromatic heterocycles. The van der Waals surface area contributed by atoms with Crippen LogP contribution in [0.1, 0.15) is 51.7 Å². The quantitative estimate of drug-likeness (QED) is 0.535. The van der Waals surface area contributed by atoms with Crippen LogP contribution in [0.5, 0.6) is 0 Å². The van der Waals surface area contributed by atoms with Gasteiger partial charge in [0.2, 0.25) is 0 Å². The molecule has 5 nitrogen and oxygen atoms in total. The van der Waals surface area contributed by atoms with Gasteiger partial charge in [0.25, 0.3) is 5.91 Å². The Bertz CT molecular complexity index is 1200. The number of fused-ring (bicyclic) bond motifs is 1. The van der Waals surface area contributed by atoms with Gasteiger partial charge in [-0.05, 0) is 53.5 Å². The Morgan fingerprint density at radius 2 is 1.83 bits per heavy atom. The van der Waals surface area contributed by atoms with Gasteiger partial charge in [-0.1, -0.05) is 42.5 Å². The van der Waals surface area contributed by atoms with Crippen LogP contribution in [0.2, 0.25) is 0 Å². The fourth-order valence-corrected chi connectivity index (χ4v) is 5.06. The number of benzene rings is 1. The third kappa shape index (κ3) is 3.29. The van der Waals surface area contributed by atoms with Gasteiger partial charge < -0.3 is 14.8 Å². The molecule has 2 N–H and O–H groups in total. The summed E-state index contributed by atoms with van der Waals surface area (Å²) < 4.78 is 5.60. The number of hydrogen-bond donors (Lipinski definition) is 2. The summed E-state index contributed by atoms with van der Waals surface area (Å²) in [6.45, 7) is 0. The van der Waals surface area contributed by atoms with Crippen LogP contribution in [0.3, 0.4) is 0 Å². The van der Waals surface area contributed by atoms with Crippen LogP contribution >= 0.6 is 11.3 Å². The smallest absolute Gasteiger partial charge is 0.339 e. The van der Waals surface area contributed by atoms with Gasteiger partial charge in [0.15, 0.2) is 5.76 Å². The third-order valence-electron chi connectivity index (χ3n) is 5.58. The van der Waals surface area contributed by atoms with Crippen LogP contribution in [-0.2, 0) is 0 Å². The van der Waals surface area contributed by atoms with E-state index in [4.69, 9.17) is 4.42 Å². The number of aromatic carboxylic acids is 1. The monoisotopic (exact) mass is 417 g/mol. The average molecular weight is 417 g/mol. The Morgan fingerprint density at radius 3 is 2.53 bits per heavy atom. The first-order valence-electron chi connectivity index (χ1n) is 9.83. The molecule has 0 radical (unpaired) electrons. The molecule has 0 fully saturated rings. The largest absolute Gasteiger partial charge is 0.478 e. The zero-order chi connectivity index (χ0) is 20.7. The van der Waals surface area contributed by atoms with Gasteiger partial charge in [0.1, 0.15) is 10.6 Å². The molecule has 0 unspecified atom stereocenters. The number of anilines is 1. The van der Waals surface area contributed by atoms with Gasteiger partial charge in [-0.25, -0.2) is 4.79 Å². The van der Waals surface area contributed by atoms with Gasteiger partial charge >= 0.3 is 5.97 Å². The van der Waals surface area contributed by atoms with Crippen molar-refractivity contribution in [3.63, 3.8) is 0 Å². The second-order valence-electron chi connectivity index (χ2n) is 7.45. The maximum absolute atomic E-state index is 12.7. The number of carboxylic acids is 1. The number of amides is 1. The Morgan fingerprint density at radius 1 is 1.10 bits per heavy atom. The van der Waals surface area contributed by atoms with E-state index in [-0.39, 0.29) is 17.2 Å². The molecule has 0 saturated carbocycles. The first kappa shape index (κ1) is 18.6. The number of carbonyl (C=O) groups is 2. The van der Waals surface area contributed by atoms with Crippen molar-refractivity contribution in [3.8, 4) is 0 Å². The topological polar surface area (TPSA) is 79.5 Å². The summed E-state index contributed by atoms with van der Waals surface area (Å²) in [7, 11) is 0. The van der Waals surface area contributed by atoms with E-state index < -0.39 is 11.9 Å². The number of thiophene rings is 1. The second kappa shape index (κ2) is 7.46. The molecule has 150 valence electrons. The molecule has 30 heavy (non-hydrogen) atoms. The van der Waals surface area contributed by atoms with Gasteiger partial charge in [-0.2, -0.15) is 0 Å². The molecule has 2 aliphatic carbocycles. The zero-order valence-electron chi connectivity index (χ0n) is 16.1. The molecular weight excluding hydrogens is 398 g/mol. The maximum atomic E-state index is 12.7. The first-order chi connectivity index (χ1) is 14.6. The number of hydrogen-bond acceptors (Lipinski definition) is 4. The summed E-state index contributed by atoms with van der Waals surface area (Å²) in [6.07, 6.45) is 11.6. The number of rotatable bonds is 4. The average Bonchev–Trinajstić information content (AvgIpc) is 3.44. The number of nitrogens with one attached hydrogen (secondary N) is 1. The van der Waals surface area contributed by atoms with E-state index in [0.29, 0.717) is 16.1 Å². The minimum atomic E-state index is -1.06. The Labute approximate surface area is 177 Å². The predicted octanol–water partition coefficient (Wildman–Crippen LogP) is 6.13. The molecular formula is C24H19NO4S. The normalized spacial score (nSPS) is 16.1. The fraction of sp³-hybridized carbons (Fsp3) is 0.167. The van der Waals surface area contributed by atoms with E-state index in [2.05, 4.69) is 17.5 Å². The highest BCUT2D eigenvalue weighted by Crippen LogP contribution is 2.38. The lowest BCUT2D eigenvalue weighted by Crippen LogP contribution is -2.13. The van der Waals surface area contributed by atoms with E-state index in [1.165, 1.54) is 28.9 Å². The van der Waals surface area contributed by atoms with Crippen LogP contribution in [0.4, 0.5) is 5.00 Å². The lowest BCUT2D eigenvalue weighted by molar-refractivity contribution is 0.0697. The standard InChI is InChI=1S/C24H19NO4S/c26-22(20-12-17-4-1-2-7-19(17)29-20)25-23-21(24(27)28)18(13-30-23)16-10-8-14-5-3-6-15(14)9-11-16/h1-2,4,7-13,16H,3,5-6H2,(H,25,26)(H,27,28). The SMILES string of the molecule is O=C(Nc1scc(C2C=CC3=C(C=C2)CCC3)c1C(=O)O)c1cc2ccccc2o1. The van der Waals surface area contributed by atoms with E-state index in [1.54, 1.807) is 12.1 Å². The second-order valence-corrected chi connectivity index (χ2v) is 8.33. The van der Waals surface area contributed by atoms with Crippen molar-refractivity contribution in [2.75, 3.05) is 5.32 Å². The molecule has 0 spiro atoms. The summed E-state index contributed by atoms with van der Waals surface area (Å²) in [4.78, 5) is 24.8. The van der Waals surface area contributed by atoms with E-state index >= 15 is 0 Å². The van der Waals surface area contributed by atoms with Crippen molar-refractivity contribution in [1.82, 2.24) is 0 Å². The molecule has 0 saturated heterocycles. The number of allylic oxidation sites excluding steroid dienone is 6. The summed E-state index contributed by atoms with van der Waals surface area (Å²) >= 11 is 1.22. The molecule has 2 aliphatic rings. The van der Waals surface area contributed by atoms with Crippen molar-refractivity contribution in [2.24, 2.45) is 0 Å². The number of furan rings is 1. The summed E-state index contributed by atoms with van der Waals surface area (Å²) in [5.74, 6) is -1.51. The molecule has 5 rings (SSSR count). The van der Waals surface area contributed by atoms with E-state index in [0.717, 1.165) is 18.2 Å². The molecule has 6 heteroatoms. The lowest BCUT2D eigenvalue weighted by Gasteiger charge is -2.09. The van der Waals surface area contributed by atoms with Crippen LogP contribution in [0.25, 0.3) is 11.0 Å². The van der Waals surface area contributed by atoms with E-state index in [9.17, 15) is 14.7 Å². The van der Waals surface area contributed by atoms with Crippen molar-refractivity contribution in [1.29, 1.82) is 0 Å². The summed E-state index contributed by atoms with van der Waals surface area (Å²) in [5, 5.41) is 15.5. The minimum Gasteiger partial charge on any atom is -0.478 e. The zero-order valence-corrected chi connectivity index (χ0v) is 16.9. The molecule has 1 amide bonds. The van der Waals surface area contributed by atoms with Gasteiger partial charge in [0.05, 0.1) is 5.56 Å². The number of carbonyl (C=O) groups excluding carboxylic acids is 1. The minimum absolute atomic E-state index is 0.130. The molecule has 0 bridgehead atoms. The van der Waals surface area contributed by atoms with Crippen LogP contribution in [-0.4, -0.2) is 17.0 Å². The van der Waals surface area contributed by atoms with E-state index in [1.807, 2.05) is 35.7 Å². The Balaban J connectivity index is 1.44. The number of carboxylic acid groups (broad SMARTS) is 1. The molecule has 1 aromatic carbocycles. The van der Waals surface area contributed by atoms with Crippen LogP contribution in [0.15, 0.2) is 75.6 Å². The molecule has 0 aliphatic heterocycles. The van der Waals surface area contributed by atoms with Gasteiger partial charge in [-0.15, -0.1) is 11.3 Å². The van der Waals surface area contributed by atoms with Crippen LogP contribution < -0.4 is 5.32 Å². The van der Waals surface area contributed by atoms with Gasteiger partial charge in [-0.3, -0.25) is 4.79 Å².